The first kappa shape index (κ1) is 21.6. The van der Waals surface area contributed by atoms with Crippen LogP contribution in [-0.2, 0) is 16.6 Å². The number of anilines is 1. The van der Waals surface area contributed by atoms with Gasteiger partial charge < -0.3 is 0 Å². The van der Waals surface area contributed by atoms with Crippen LogP contribution in [-0.4, -0.2) is 46.8 Å². The Balaban J connectivity index is 1.64. The third-order valence-corrected chi connectivity index (χ3v) is 6.88. The molecule has 0 unspecified atom stereocenters. The Morgan fingerprint density at radius 1 is 1.13 bits per heavy atom. The molecule has 1 fully saturated rings. The van der Waals surface area contributed by atoms with Crippen molar-refractivity contribution in [2.45, 2.75) is 32.1 Å². The number of nitrogens with zero attached hydrogens (tertiary/aromatic N) is 5. The topological polar surface area (TPSA) is 101 Å². The molecule has 10 heteroatoms. The molecule has 0 spiro atoms. The molecule has 1 saturated carbocycles. The molecule has 0 aliphatic heterocycles. The van der Waals surface area contributed by atoms with Crippen molar-refractivity contribution in [2.24, 2.45) is 0 Å². The number of rotatable bonds is 7. The Morgan fingerprint density at radius 2 is 1.87 bits per heavy atom. The molecule has 0 radical (unpaired) electrons. The SMILES string of the molecule is Cc1c(-c2ccnc(Cc3ccnc(C4CC4)n3)c2)cnc(Cl)c1NS(=O)(=O)N(C)C. The van der Waals surface area contributed by atoms with Gasteiger partial charge in [-0.25, -0.2) is 15.0 Å². The number of hydrogen-bond donors (Lipinski definition) is 1. The fraction of sp³-hybridized carbons (Fsp3) is 0.333. The van der Waals surface area contributed by atoms with Crippen molar-refractivity contribution in [3.8, 4) is 11.1 Å². The van der Waals surface area contributed by atoms with Gasteiger partial charge in [0.25, 0.3) is 0 Å². The molecular weight excluding hydrogens is 436 g/mol. The van der Waals surface area contributed by atoms with Gasteiger partial charge in [0.1, 0.15) is 5.82 Å². The van der Waals surface area contributed by atoms with E-state index in [1.807, 2.05) is 25.1 Å². The summed E-state index contributed by atoms with van der Waals surface area (Å²) in [5, 5.41) is 0.0922. The molecule has 31 heavy (non-hydrogen) atoms. The minimum Gasteiger partial charge on any atom is -0.268 e. The molecule has 0 bridgehead atoms. The Labute approximate surface area is 186 Å². The van der Waals surface area contributed by atoms with Crippen molar-refractivity contribution in [1.29, 1.82) is 0 Å². The fourth-order valence-electron chi connectivity index (χ4n) is 3.18. The van der Waals surface area contributed by atoms with E-state index >= 15 is 0 Å². The van der Waals surface area contributed by atoms with E-state index in [-0.39, 0.29) is 10.8 Å². The van der Waals surface area contributed by atoms with Gasteiger partial charge >= 0.3 is 10.2 Å². The fourth-order valence-corrected chi connectivity index (χ4v) is 4.16. The number of aromatic nitrogens is 4. The lowest BCUT2D eigenvalue weighted by Crippen LogP contribution is -2.29. The van der Waals surface area contributed by atoms with E-state index in [9.17, 15) is 8.42 Å². The Bertz CT molecular complexity index is 1230. The van der Waals surface area contributed by atoms with Gasteiger partial charge in [0, 0.05) is 56.3 Å². The van der Waals surface area contributed by atoms with Gasteiger partial charge in [-0.05, 0) is 49.1 Å². The van der Waals surface area contributed by atoms with Gasteiger partial charge in [-0.1, -0.05) is 11.6 Å². The van der Waals surface area contributed by atoms with Crippen LogP contribution in [0.15, 0.2) is 36.8 Å². The zero-order valence-corrected chi connectivity index (χ0v) is 19.1. The lowest BCUT2D eigenvalue weighted by molar-refractivity contribution is 0.526. The summed E-state index contributed by atoms with van der Waals surface area (Å²) < 4.78 is 28.2. The molecule has 1 N–H and O–H groups in total. The largest absolute Gasteiger partial charge is 0.301 e. The molecular formula is C21H23ClN6O2S. The van der Waals surface area contributed by atoms with Crippen LogP contribution in [0, 0.1) is 6.92 Å². The van der Waals surface area contributed by atoms with Gasteiger partial charge in [-0.3, -0.25) is 9.71 Å². The summed E-state index contributed by atoms with van der Waals surface area (Å²) in [6.07, 6.45) is 8.05. The molecule has 162 valence electrons. The number of halogens is 1. The normalized spacial score (nSPS) is 14.1. The number of nitrogens with one attached hydrogen (secondary N) is 1. The van der Waals surface area contributed by atoms with E-state index in [0.29, 0.717) is 17.9 Å². The van der Waals surface area contributed by atoms with Gasteiger partial charge in [0.15, 0.2) is 5.15 Å². The van der Waals surface area contributed by atoms with E-state index < -0.39 is 10.2 Å². The monoisotopic (exact) mass is 458 g/mol. The van der Waals surface area contributed by atoms with E-state index in [1.165, 1.54) is 14.1 Å². The third kappa shape index (κ3) is 4.84. The standard InChI is InChI=1S/C21H23ClN6O2S/c1-13-18(12-25-20(22)19(13)27-31(29,30)28(2)3)15-6-8-23-17(10-15)11-16-7-9-24-21(26-16)14-4-5-14/h6-10,12,14,27H,4-5,11H2,1-3H3. The molecule has 3 aromatic heterocycles. The molecule has 0 amide bonds. The van der Waals surface area contributed by atoms with Crippen molar-refractivity contribution in [3.05, 3.63) is 64.7 Å². The van der Waals surface area contributed by atoms with Gasteiger partial charge in [0.05, 0.1) is 11.4 Å². The van der Waals surface area contributed by atoms with Crippen molar-refractivity contribution < 1.29 is 8.42 Å². The Morgan fingerprint density at radius 3 is 2.58 bits per heavy atom. The second-order valence-corrected chi connectivity index (χ2v) is 9.99. The molecule has 8 nitrogen and oxygen atoms in total. The predicted octanol–water partition coefficient (Wildman–Crippen LogP) is 3.58. The summed E-state index contributed by atoms with van der Waals surface area (Å²) in [6, 6.07) is 5.73. The quantitative estimate of drug-likeness (QED) is 0.543. The minimum absolute atomic E-state index is 0.0922. The second kappa shape index (κ2) is 8.49. The van der Waals surface area contributed by atoms with Crippen molar-refractivity contribution in [3.63, 3.8) is 0 Å². The maximum atomic E-state index is 12.3. The van der Waals surface area contributed by atoms with Crippen LogP contribution in [0.4, 0.5) is 5.69 Å². The third-order valence-electron chi connectivity index (χ3n) is 5.17. The highest BCUT2D eigenvalue weighted by molar-refractivity contribution is 7.90. The van der Waals surface area contributed by atoms with Crippen LogP contribution in [0.5, 0.6) is 0 Å². The van der Waals surface area contributed by atoms with Crippen molar-refractivity contribution in [2.75, 3.05) is 18.8 Å². The van der Waals surface area contributed by atoms with Gasteiger partial charge in [0.2, 0.25) is 0 Å². The molecule has 3 aromatic rings. The van der Waals surface area contributed by atoms with Gasteiger partial charge in [-0.15, -0.1) is 0 Å². The summed E-state index contributed by atoms with van der Waals surface area (Å²) in [6.45, 7) is 1.81. The average molecular weight is 459 g/mol. The molecule has 0 atom stereocenters. The zero-order valence-electron chi connectivity index (χ0n) is 17.5. The van der Waals surface area contributed by atoms with Crippen LogP contribution in [0.2, 0.25) is 5.15 Å². The summed E-state index contributed by atoms with van der Waals surface area (Å²) in [5.41, 5.74) is 4.35. The summed E-state index contributed by atoms with van der Waals surface area (Å²) in [7, 11) is -0.829. The van der Waals surface area contributed by atoms with E-state index in [4.69, 9.17) is 11.6 Å². The maximum Gasteiger partial charge on any atom is 0.301 e. The van der Waals surface area contributed by atoms with Crippen molar-refractivity contribution in [1.82, 2.24) is 24.2 Å². The zero-order chi connectivity index (χ0) is 22.2. The van der Waals surface area contributed by atoms with E-state index in [0.717, 1.165) is 45.5 Å². The first-order valence-corrected chi connectivity index (χ1v) is 11.7. The van der Waals surface area contributed by atoms with Crippen LogP contribution in [0.3, 0.4) is 0 Å². The van der Waals surface area contributed by atoms with Crippen molar-refractivity contribution >= 4 is 27.5 Å². The predicted molar refractivity (Wildman–Crippen MR) is 120 cm³/mol. The highest BCUT2D eigenvalue weighted by Crippen LogP contribution is 2.38. The molecule has 1 aliphatic carbocycles. The lowest BCUT2D eigenvalue weighted by atomic mass is 10.0. The summed E-state index contributed by atoms with van der Waals surface area (Å²) in [5.74, 6) is 1.40. The second-order valence-electron chi connectivity index (χ2n) is 7.75. The molecule has 1 aliphatic rings. The number of pyridine rings is 2. The maximum absolute atomic E-state index is 12.3. The lowest BCUT2D eigenvalue weighted by Gasteiger charge is -2.17. The number of hydrogen-bond acceptors (Lipinski definition) is 6. The first-order chi connectivity index (χ1) is 14.7. The first-order valence-electron chi connectivity index (χ1n) is 9.87. The smallest absolute Gasteiger partial charge is 0.268 e. The van der Waals surface area contributed by atoms with Crippen LogP contribution < -0.4 is 4.72 Å². The summed E-state index contributed by atoms with van der Waals surface area (Å²) in [4.78, 5) is 17.7. The molecule has 0 saturated heterocycles. The molecule has 4 rings (SSSR count). The highest BCUT2D eigenvalue weighted by atomic mass is 35.5. The average Bonchev–Trinajstić information content (AvgIpc) is 3.57. The molecule has 0 aromatic carbocycles. The minimum atomic E-state index is -3.72. The van der Waals surface area contributed by atoms with Crippen LogP contribution in [0.25, 0.3) is 11.1 Å². The Hall–Kier alpha value is -2.62. The molecule has 3 heterocycles. The highest BCUT2D eigenvalue weighted by Gasteiger charge is 2.26. The van der Waals surface area contributed by atoms with Crippen LogP contribution >= 0.6 is 11.6 Å². The van der Waals surface area contributed by atoms with Gasteiger partial charge in [-0.2, -0.15) is 12.7 Å². The van der Waals surface area contributed by atoms with Crippen LogP contribution in [0.1, 0.15) is 41.5 Å². The van der Waals surface area contributed by atoms with E-state index in [2.05, 4.69) is 24.7 Å². The van der Waals surface area contributed by atoms with E-state index in [1.54, 1.807) is 18.6 Å². The Kier molecular flexibility index (Phi) is 5.92. The summed E-state index contributed by atoms with van der Waals surface area (Å²) >= 11 is 6.20.